The highest BCUT2D eigenvalue weighted by Gasteiger charge is 2.38. The first kappa shape index (κ1) is 17.4. The Hall–Kier alpha value is -2.98. The zero-order valence-corrected chi connectivity index (χ0v) is 14.8. The number of aromatic nitrogens is 6. The number of piperazine rings is 1. The molecule has 1 fully saturated rings. The minimum atomic E-state index is -4.62. The van der Waals surface area contributed by atoms with Gasteiger partial charge < -0.3 is 9.80 Å². The van der Waals surface area contributed by atoms with Gasteiger partial charge in [0.05, 0.1) is 0 Å². The van der Waals surface area contributed by atoms with Crippen molar-refractivity contribution in [1.29, 1.82) is 0 Å². The van der Waals surface area contributed by atoms with Crippen LogP contribution in [0.3, 0.4) is 0 Å². The summed E-state index contributed by atoms with van der Waals surface area (Å²) in [5, 5.41) is 11.2. The molecule has 0 aliphatic carbocycles. The van der Waals surface area contributed by atoms with Gasteiger partial charge in [-0.25, -0.2) is 9.97 Å². The van der Waals surface area contributed by atoms with Crippen LogP contribution in [0.5, 0.6) is 0 Å². The number of fused-ring (bicyclic) bond motifs is 1. The highest BCUT2D eigenvalue weighted by Crippen LogP contribution is 2.30. The maximum atomic E-state index is 13.2. The molecule has 8 nitrogen and oxygen atoms in total. The second kappa shape index (κ2) is 6.32. The lowest BCUT2D eigenvalue weighted by molar-refractivity contribution is -0.146. The van der Waals surface area contributed by atoms with Gasteiger partial charge in [0.25, 0.3) is 5.82 Å². The Balaban J connectivity index is 1.65. The summed E-state index contributed by atoms with van der Waals surface area (Å²) in [7, 11) is 0. The smallest absolute Gasteiger partial charge is 0.351 e. The summed E-state index contributed by atoms with van der Waals surface area (Å²) in [6, 6.07) is 1.75. The Kier molecular flexibility index (Phi) is 4.08. The summed E-state index contributed by atoms with van der Waals surface area (Å²) in [5.41, 5.74) is 1.56. The molecule has 4 heterocycles. The van der Waals surface area contributed by atoms with Crippen LogP contribution >= 0.6 is 0 Å². The van der Waals surface area contributed by atoms with Crippen LogP contribution in [0.1, 0.15) is 17.0 Å². The SMILES string of the molecule is Cc1c(N2CCN(c3ncccn3)CC2)nn2c(C(F)(F)F)nnc2c1C. The number of rotatable bonds is 2. The lowest BCUT2D eigenvalue weighted by atomic mass is 10.1. The van der Waals surface area contributed by atoms with Gasteiger partial charge >= 0.3 is 6.18 Å². The Labute approximate surface area is 152 Å². The van der Waals surface area contributed by atoms with Crippen molar-refractivity contribution in [2.45, 2.75) is 20.0 Å². The third-order valence-corrected chi connectivity index (χ3v) is 4.74. The Morgan fingerprint density at radius 1 is 0.889 bits per heavy atom. The maximum absolute atomic E-state index is 13.2. The summed E-state index contributed by atoms with van der Waals surface area (Å²) < 4.78 is 40.4. The highest BCUT2D eigenvalue weighted by molar-refractivity contribution is 5.59. The molecule has 0 bridgehead atoms. The quantitative estimate of drug-likeness (QED) is 0.674. The van der Waals surface area contributed by atoms with Crippen LogP contribution in [0.15, 0.2) is 18.5 Å². The van der Waals surface area contributed by atoms with Crippen LogP contribution in [0, 0.1) is 13.8 Å². The molecular formula is C16H17F3N8. The molecule has 3 aromatic rings. The fraction of sp³-hybridized carbons (Fsp3) is 0.438. The minimum Gasteiger partial charge on any atom is -0.351 e. The molecular weight excluding hydrogens is 361 g/mol. The van der Waals surface area contributed by atoms with Gasteiger partial charge in [0.2, 0.25) is 5.95 Å². The van der Waals surface area contributed by atoms with Crippen molar-refractivity contribution in [2.24, 2.45) is 0 Å². The second-order valence-electron chi connectivity index (χ2n) is 6.35. The van der Waals surface area contributed by atoms with Crippen LogP contribution in [-0.2, 0) is 6.18 Å². The third kappa shape index (κ3) is 3.02. The molecule has 4 rings (SSSR count). The van der Waals surface area contributed by atoms with Gasteiger partial charge in [-0.1, -0.05) is 0 Å². The number of hydrogen-bond acceptors (Lipinski definition) is 7. The predicted octanol–water partition coefficient (Wildman–Crippen LogP) is 1.88. The number of nitrogens with zero attached hydrogens (tertiary/aromatic N) is 8. The van der Waals surface area contributed by atoms with Crippen LogP contribution in [0.4, 0.5) is 24.9 Å². The molecule has 1 saturated heterocycles. The minimum absolute atomic E-state index is 0.125. The topological polar surface area (TPSA) is 75.3 Å². The van der Waals surface area contributed by atoms with E-state index in [0.29, 0.717) is 43.5 Å². The zero-order chi connectivity index (χ0) is 19.2. The molecule has 11 heteroatoms. The van der Waals surface area contributed by atoms with Crippen LogP contribution in [-0.4, -0.2) is 56.0 Å². The van der Waals surface area contributed by atoms with Gasteiger partial charge in [0, 0.05) is 49.7 Å². The highest BCUT2D eigenvalue weighted by atomic mass is 19.4. The van der Waals surface area contributed by atoms with E-state index in [4.69, 9.17) is 0 Å². The van der Waals surface area contributed by atoms with E-state index in [-0.39, 0.29) is 5.65 Å². The fourth-order valence-electron chi connectivity index (χ4n) is 3.16. The summed E-state index contributed by atoms with van der Waals surface area (Å²) >= 11 is 0. The molecule has 142 valence electrons. The van der Waals surface area contributed by atoms with Crippen molar-refractivity contribution in [3.8, 4) is 0 Å². The van der Waals surface area contributed by atoms with Crippen molar-refractivity contribution in [1.82, 2.24) is 29.8 Å². The lowest BCUT2D eigenvalue weighted by Crippen LogP contribution is -2.47. The lowest BCUT2D eigenvalue weighted by Gasteiger charge is -2.36. The zero-order valence-electron chi connectivity index (χ0n) is 14.8. The molecule has 0 amide bonds. The second-order valence-corrected chi connectivity index (χ2v) is 6.35. The van der Waals surface area contributed by atoms with Gasteiger partial charge in [0.15, 0.2) is 11.5 Å². The van der Waals surface area contributed by atoms with Crippen LogP contribution in [0.2, 0.25) is 0 Å². The normalized spacial score (nSPS) is 15.6. The molecule has 0 unspecified atom stereocenters. The van der Waals surface area contributed by atoms with E-state index in [1.165, 1.54) is 0 Å². The van der Waals surface area contributed by atoms with Gasteiger partial charge in [-0.05, 0) is 19.9 Å². The average molecular weight is 378 g/mol. The summed E-state index contributed by atoms with van der Waals surface area (Å²) in [4.78, 5) is 12.5. The summed E-state index contributed by atoms with van der Waals surface area (Å²) in [6.07, 6.45) is -1.25. The molecule has 0 saturated carbocycles. The molecule has 1 aliphatic rings. The van der Waals surface area contributed by atoms with Crippen LogP contribution in [0.25, 0.3) is 5.65 Å². The van der Waals surface area contributed by atoms with E-state index in [0.717, 1.165) is 10.1 Å². The Morgan fingerprint density at radius 3 is 2.15 bits per heavy atom. The number of halogens is 3. The van der Waals surface area contributed by atoms with Crippen molar-refractivity contribution in [3.05, 3.63) is 35.4 Å². The molecule has 3 aromatic heterocycles. The third-order valence-electron chi connectivity index (χ3n) is 4.74. The molecule has 27 heavy (non-hydrogen) atoms. The van der Waals surface area contributed by atoms with Crippen molar-refractivity contribution < 1.29 is 13.2 Å². The first-order chi connectivity index (χ1) is 12.9. The van der Waals surface area contributed by atoms with Crippen molar-refractivity contribution in [3.63, 3.8) is 0 Å². The van der Waals surface area contributed by atoms with E-state index in [2.05, 4.69) is 25.3 Å². The van der Waals surface area contributed by atoms with Crippen molar-refractivity contribution in [2.75, 3.05) is 36.0 Å². The number of aryl methyl sites for hydroxylation is 1. The molecule has 1 aliphatic heterocycles. The van der Waals surface area contributed by atoms with E-state index >= 15 is 0 Å². The molecule has 0 aromatic carbocycles. The van der Waals surface area contributed by atoms with E-state index < -0.39 is 12.0 Å². The average Bonchev–Trinajstić information content (AvgIpc) is 3.10. The largest absolute Gasteiger partial charge is 0.453 e. The van der Waals surface area contributed by atoms with Crippen molar-refractivity contribution >= 4 is 17.4 Å². The number of alkyl halides is 3. The first-order valence-electron chi connectivity index (χ1n) is 8.43. The van der Waals surface area contributed by atoms with E-state index in [1.807, 2.05) is 16.7 Å². The summed E-state index contributed by atoms with van der Waals surface area (Å²) in [6.45, 7) is 6.07. The number of hydrogen-bond donors (Lipinski definition) is 0. The molecule has 0 N–H and O–H groups in total. The van der Waals surface area contributed by atoms with Crippen LogP contribution < -0.4 is 9.80 Å². The Bertz CT molecular complexity index is 961. The van der Waals surface area contributed by atoms with Gasteiger partial charge in [-0.15, -0.1) is 15.3 Å². The first-order valence-corrected chi connectivity index (χ1v) is 8.43. The maximum Gasteiger partial charge on any atom is 0.453 e. The number of anilines is 2. The monoisotopic (exact) mass is 378 g/mol. The van der Waals surface area contributed by atoms with Gasteiger partial charge in [-0.2, -0.15) is 17.7 Å². The molecule has 0 atom stereocenters. The van der Waals surface area contributed by atoms with Gasteiger partial charge in [0.1, 0.15) is 0 Å². The van der Waals surface area contributed by atoms with E-state index in [9.17, 15) is 13.2 Å². The molecule has 0 radical (unpaired) electrons. The van der Waals surface area contributed by atoms with Gasteiger partial charge in [-0.3, -0.25) is 0 Å². The fourth-order valence-corrected chi connectivity index (χ4v) is 3.16. The Morgan fingerprint density at radius 2 is 1.52 bits per heavy atom. The predicted molar refractivity (Wildman–Crippen MR) is 91.7 cm³/mol. The standard InChI is InChI=1S/C16H17F3N8/c1-10-11(2)13(24-27-12(10)22-23-14(27)16(17,18)19)25-6-8-26(9-7-25)15-20-4-3-5-21-15/h3-5H,6-9H2,1-2H3. The summed E-state index contributed by atoms with van der Waals surface area (Å²) in [5.74, 6) is 0.0451. The molecule has 0 spiro atoms. The van der Waals surface area contributed by atoms with E-state index in [1.54, 1.807) is 25.4 Å².